The number of para-hydroxylation sites is 1. The number of nitrogens with zero attached hydrogens (tertiary/aromatic N) is 5. The van der Waals surface area contributed by atoms with Crippen molar-refractivity contribution in [2.24, 2.45) is 5.10 Å². The molecule has 9 nitrogen and oxygen atoms in total. The number of hydrogen-bond donors (Lipinski definition) is 0. The Morgan fingerprint density at radius 3 is 2.45 bits per heavy atom. The first-order valence-electron chi connectivity index (χ1n) is 9.52. The SMILES string of the molecule is CC(=O)N(C1=NN(C(C)=O)C(c2cc3cccc(Cl)c3nc2Cl)S1)c1ccc([N+](=O)[O-])cc1. The zero-order chi connectivity index (χ0) is 23.9. The zero-order valence-corrected chi connectivity index (χ0v) is 19.6. The Kier molecular flexibility index (Phi) is 6.24. The van der Waals surface area contributed by atoms with Crippen LogP contribution in [-0.4, -0.2) is 31.9 Å². The third-order valence-electron chi connectivity index (χ3n) is 4.82. The van der Waals surface area contributed by atoms with Gasteiger partial charge in [-0.2, -0.15) is 0 Å². The number of carbonyl (C=O) groups excluding carboxylic acids is 2. The van der Waals surface area contributed by atoms with Crippen LogP contribution in [0.25, 0.3) is 10.9 Å². The highest BCUT2D eigenvalue weighted by Gasteiger charge is 2.37. The highest BCUT2D eigenvalue weighted by molar-refractivity contribution is 8.14. The molecule has 2 aromatic carbocycles. The number of hydrazone groups is 1. The molecule has 1 unspecified atom stereocenters. The molecule has 1 atom stereocenters. The molecule has 0 saturated heterocycles. The van der Waals surface area contributed by atoms with E-state index in [-0.39, 0.29) is 27.8 Å². The zero-order valence-electron chi connectivity index (χ0n) is 17.2. The quantitative estimate of drug-likeness (QED) is 0.270. The molecule has 1 aliphatic rings. The average Bonchev–Trinajstić information content (AvgIpc) is 3.19. The van der Waals surface area contributed by atoms with Gasteiger partial charge in [0.25, 0.3) is 5.69 Å². The summed E-state index contributed by atoms with van der Waals surface area (Å²) >= 11 is 13.8. The maximum Gasteiger partial charge on any atom is 0.269 e. The van der Waals surface area contributed by atoms with E-state index in [0.717, 1.165) is 17.1 Å². The van der Waals surface area contributed by atoms with Gasteiger partial charge in [-0.25, -0.2) is 9.99 Å². The minimum absolute atomic E-state index is 0.112. The smallest absolute Gasteiger partial charge is 0.269 e. The van der Waals surface area contributed by atoms with Gasteiger partial charge in [0.05, 0.1) is 21.2 Å². The van der Waals surface area contributed by atoms with Crippen molar-refractivity contribution in [2.45, 2.75) is 19.2 Å². The molecular formula is C21H15Cl2N5O4S. The van der Waals surface area contributed by atoms with Crippen molar-refractivity contribution in [3.8, 4) is 0 Å². The molecule has 0 N–H and O–H groups in total. The third kappa shape index (κ3) is 4.37. The lowest BCUT2D eigenvalue weighted by Gasteiger charge is -2.21. The summed E-state index contributed by atoms with van der Waals surface area (Å²) in [7, 11) is 0. The van der Waals surface area contributed by atoms with E-state index in [0.29, 0.717) is 21.8 Å². The largest absolute Gasteiger partial charge is 0.274 e. The monoisotopic (exact) mass is 503 g/mol. The number of nitro groups is 1. The average molecular weight is 504 g/mol. The van der Waals surface area contributed by atoms with E-state index in [1.54, 1.807) is 18.2 Å². The van der Waals surface area contributed by atoms with Gasteiger partial charge in [0.2, 0.25) is 11.8 Å². The van der Waals surface area contributed by atoms with Crippen LogP contribution >= 0.6 is 35.0 Å². The maximum atomic E-state index is 12.5. The lowest BCUT2D eigenvalue weighted by Crippen LogP contribution is -2.32. The van der Waals surface area contributed by atoms with E-state index in [9.17, 15) is 19.7 Å². The molecule has 3 aromatic rings. The normalized spacial score (nSPS) is 15.5. The van der Waals surface area contributed by atoms with Crippen LogP contribution in [-0.2, 0) is 9.59 Å². The second kappa shape index (κ2) is 8.97. The lowest BCUT2D eigenvalue weighted by atomic mass is 10.1. The number of aromatic nitrogens is 1. The van der Waals surface area contributed by atoms with Gasteiger partial charge in [-0.3, -0.25) is 24.6 Å². The van der Waals surface area contributed by atoms with E-state index in [1.165, 1.54) is 48.0 Å². The molecule has 0 fully saturated rings. The van der Waals surface area contributed by atoms with Crippen LogP contribution in [0.5, 0.6) is 0 Å². The van der Waals surface area contributed by atoms with E-state index in [4.69, 9.17) is 23.2 Å². The van der Waals surface area contributed by atoms with Crippen LogP contribution in [0.2, 0.25) is 10.2 Å². The van der Waals surface area contributed by atoms with Crippen LogP contribution in [0.1, 0.15) is 24.8 Å². The van der Waals surface area contributed by atoms with Crippen molar-refractivity contribution in [3.63, 3.8) is 0 Å². The highest BCUT2D eigenvalue weighted by atomic mass is 35.5. The molecule has 168 valence electrons. The first kappa shape index (κ1) is 23.0. The number of non-ortho nitro benzene ring substituents is 1. The maximum absolute atomic E-state index is 12.5. The summed E-state index contributed by atoms with van der Waals surface area (Å²) in [6, 6.07) is 12.6. The van der Waals surface area contributed by atoms with Gasteiger partial charge >= 0.3 is 0 Å². The van der Waals surface area contributed by atoms with Gasteiger partial charge < -0.3 is 0 Å². The number of rotatable bonds is 3. The molecule has 0 bridgehead atoms. The molecule has 0 saturated carbocycles. The second-order valence-corrected chi connectivity index (χ2v) is 8.84. The molecule has 2 heterocycles. The van der Waals surface area contributed by atoms with Gasteiger partial charge in [0.1, 0.15) is 10.5 Å². The predicted octanol–water partition coefficient (Wildman–Crippen LogP) is 5.37. The van der Waals surface area contributed by atoms with Gasteiger partial charge in [0.15, 0.2) is 5.17 Å². The summed E-state index contributed by atoms with van der Waals surface area (Å²) in [5, 5.41) is 17.4. The molecular weight excluding hydrogens is 489 g/mol. The number of amidine groups is 1. The van der Waals surface area contributed by atoms with Gasteiger partial charge in [-0.1, -0.05) is 47.1 Å². The van der Waals surface area contributed by atoms with Crippen molar-refractivity contribution >= 4 is 74.2 Å². The van der Waals surface area contributed by atoms with E-state index in [2.05, 4.69) is 10.1 Å². The van der Waals surface area contributed by atoms with Crippen LogP contribution < -0.4 is 4.90 Å². The molecule has 1 aromatic heterocycles. The number of fused-ring (bicyclic) bond motifs is 1. The predicted molar refractivity (Wildman–Crippen MR) is 128 cm³/mol. The van der Waals surface area contributed by atoms with Crippen molar-refractivity contribution in [3.05, 3.63) is 74.4 Å². The third-order valence-corrected chi connectivity index (χ3v) is 6.58. The molecule has 33 heavy (non-hydrogen) atoms. The number of carbonyl (C=O) groups is 2. The molecule has 0 spiro atoms. The minimum atomic E-state index is -0.680. The van der Waals surface area contributed by atoms with Gasteiger partial charge in [-0.15, -0.1) is 5.10 Å². The van der Waals surface area contributed by atoms with Gasteiger partial charge in [0, 0.05) is 36.9 Å². The van der Waals surface area contributed by atoms with Crippen LogP contribution in [0.3, 0.4) is 0 Å². The summed E-state index contributed by atoms with van der Waals surface area (Å²) in [4.78, 5) is 41.0. The number of anilines is 1. The van der Waals surface area contributed by atoms with E-state index in [1.807, 2.05) is 6.07 Å². The molecule has 0 aliphatic carbocycles. The van der Waals surface area contributed by atoms with Crippen LogP contribution in [0, 0.1) is 10.1 Å². The first-order chi connectivity index (χ1) is 15.7. The van der Waals surface area contributed by atoms with Crippen molar-refractivity contribution < 1.29 is 14.5 Å². The number of hydrogen-bond acceptors (Lipinski definition) is 7. The lowest BCUT2D eigenvalue weighted by molar-refractivity contribution is -0.384. The van der Waals surface area contributed by atoms with Crippen LogP contribution in [0.4, 0.5) is 11.4 Å². The fourth-order valence-electron chi connectivity index (χ4n) is 3.33. The summed E-state index contributed by atoms with van der Waals surface area (Å²) in [5.74, 6) is -0.745. The van der Waals surface area contributed by atoms with Crippen molar-refractivity contribution in [1.29, 1.82) is 0 Å². The molecule has 4 rings (SSSR count). The number of halogens is 2. The molecule has 2 amide bonds. The van der Waals surface area contributed by atoms with Crippen molar-refractivity contribution in [1.82, 2.24) is 9.99 Å². The second-order valence-electron chi connectivity index (χ2n) is 7.02. The summed E-state index contributed by atoms with van der Waals surface area (Å²) in [6.45, 7) is 2.69. The fraction of sp³-hybridized carbons (Fsp3) is 0.143. The molecule has 12 heteroatoms. The Hall–Kier alpha value is -3.21. The molecule has 1 aliphatic heterocycles. The standard InChI is InChI=1S/C21H15Cl2N5O4S/c1-11(29)26(14-6-8-15(9-7-14)28(31)32)21-25-27(12(2)30)20(33-21)16-10-13-4-3-5-17(22)18(13)24-19(16)23/h3-10,20H,1-2H3. The number of pyridine rings is 1. The number of benzene rings is 2. The summed E-state index contributed by atoms with van der Waals surface area (Å²) in [5.41, 5.74) is 1.32. The number of amides is 2. The Bertz CT molecular complexity index is 1330. The Morgan fingerprint density at radius 2 is 1.85 bits per heavy atom. The number of nitro benzene ring substituents is 1. The highest BCUT2D eigenvalue weighted by Crippen LogP contribution is 2.44. The van der Waals surface area contributed by atoms with Gasteiger partial charge in [-0.05, 0) is 24.3 Å². The van der Waals surface area contributed by atoms with Crippen LogP contribution in [0.15, 0.2) is 53.6 Å². The number of thioether (sulfide) groups is 1. The Balaban J connectivity index is 1.75. The van der Waals surface area contributed by atoms with Crippen molar-refractivity contribution in [2.75, 3.05) is 4.90 Å². The van der Waals surface area contributed by atoms with E-state index < -0.39 is 10.3 Å². The Morgan fingerprint density at radius 1 is 1.15 bits per heavy atom. The Labute approximate surface area is 202 Å². The fourth-order valence-corrected chi connectivity index (χ4v) is 5.13. The summed E-state index contributed by atoms with van der Waals surface area (Å²) < 4.78 is 0. The summed E-state index contributed by atoms with van der Waals surface area (Å²) in [6.07, 6.45) is 0. The first-order valence-corrected chi connectivity index (χ1v) is 11.2. The topological polar surface area (TPSA) is 109 Å². The molecule has 0 radical (unpaired) electrons. The minimum Gasteiger partial charge on any atom is -0.274 e. The van der Waals surface area contributed by atoms with E-state index >= 15 is 0 Å².